The van der Waals surface area contributed by atoms with Gasteiger partial charge < -0.3 is 10.6 Å². The Morgan fingerprint density at radius 1 is 1.42 bits per heavy atom. The third-order valence-electron chi connectivity index (χ3n) is 4.05. The van der Waals surface area contributed by atoms with E-state index in [-0.39, 0.29) is 4.90 Å². The van der Waals surface area contributed by atoms with Gasteiger partial charge in [0.15, 0.2) is 5.96 Å². The van der Waals surface area contributed by atoms with Gasteiger partial charge in [-0.3, -0.25) is 0 Å². The average Bonchev–Trinajstić information content (AvgIpc) is 3.00. The van der Waals surface area contributed by atoms with Crippen LogP contribution in [0.4, 0.5) is 0 Å². The zero-order valence-corrected chi connectivity index (χ0v) is 15.8. The van der Waals surface area contributed by atoms with Crippen LogP contribution in [0.15, 0.2) is 34.2 Å². The summed E-state index contributed by atoms with van der Waals surface area (Å²) in [6.45, 7) is 3.21. The van der Waals surface area contributed by atoms with Gasteiger partial charge >= 0.3 is 0 Å². The summed E-state index contributed by atoms with van der Waals surface area (Å²) in [5, 5.41) is 12.6. The molecule has 6 nitrogen and oxygen atoms in total. The smallest absolute Gasteiger partial charge is 0.238 e. The Labute approximate surface area is 148 Å². The summed E-state index contributed by atoms with van der Waals surface area (Å²) in [6.07, 6.45) is 5.68. The topological polar surface area (TPSA) is 96.6 Å². The molecule has 24 heavy (non-hydrogen) atoms. The van der Waals surface area contributed by atoms with Crippen LogP contribution in [0.25, 0.3) is 0 Å². The Kier molecular flexibility index (Phi) is 6.94. The quantitative estimate of drug-likeness (QED) is 0.523. The number of guanidine groups is 1. The second kappa shape index (κ2) is 8.73. The fourth-order valence-electron chi connectivity index (χ4n) is 2.79. The number of nitrogens with zero attached hydrogens (tertiary/aromatic N) is 1. The molecule has 2 rings (SSSR count). The molecular formula is C16H26N4O2S2. The van der Waals surface area contributed by atoms with E-state index in [1.165, 1.54) is 12.5 Å². The number of hydrogen-bond acceptors (Lipinski definition) is 4. The van der Waals surface area contributed by atoms with Gasteiger partial charge in [-0.05, 0) is 50.1 Å². The first-order valence-corrected chi connectivity index (χ1v) is 10.9. The molecule has 0 aliphatic heterocycles. The third-order valence-corrected chi connectivity index (χ3v) is 6.06. The fourth-order valence-corrected chi connectivity index (χ4v) is 4.17. The van der Waals surface area contributed by atoms with Crippen LogP contribution in [-0.4, -0.2) is 38.5 Å². The number of primary sulfonamides is 1. The number of hydrogen-bond donors (Lipinski definition) is 3. The summed E-state index contributed by atoms with van der Waals surface area (Å²) < 4.78 is 22.9. The lowest BCUT2D eigenvalue weighted by Gasteiger charge is -2.17. The first-order valence-electron chi connectivity index (χ1n) is 8.11. The van der Waals surface area contributed by atoms with Crippen LogP contribution in [-0.2, 0) is 16.6 Å². The second-order valence-electron chi connectivity index (χ2n) is 5.90. The van der Waals surface area contributed by atoms with Crippen LogP contribution >= 0.6 is 11.8 Å². The summed E-state index contributed by atoms with van der Waals surface area (Å²) in [4.78, 5) is 4.69. The van der Waals surface area contributed by atoms with Gasteiger partial charge in [-0.1, -0.05) is 12.1 Å². The predicted molar refractivity (Wildman–Crippen MR) is 101 cm³/mol. The minimum absolute atomic E-state index is 0.117. The van der Waals surface area contributed by atoms with Gasteiger partial charge in [0.05, 0.1) is 11.4 Å². The highest BCUT2D eigenvalue weighted by atomic mass is 32.2. The van der Waals surface area contributed by atoms with Crippen LogP contribution < -0.4 is 15.8 Å². The molecule has 0 saturated heterocycles. The first-order chi connectivity index (χ1) is 11.4. The predicted octanol–water partition coefficient (Wildman–Crippen LogP) is 1.67. The zero-order chi connectivity index (χ0) is 17.6. The van der Waals surface area contributed by atoms with Crippen LogP contribution in [0, 0.1) is 0 Å². The maximum Gasteiger partial charge on any atom is 0.238 e. The Morgan fingerprint density at radius 2 is 2.21 bits per heavy atom. The number of nitrogens with one attached hydrogen (secondary N) is 2. The highest BCUT2D eigenvalue weighted by Crippen LogP contribution is 2.28. The van der Waals surface area contributed by atoms with Crippen molar-refractivity contribution in [2.75, 3.05) is 12.8 Å². The second-order valence-corrected chi connectivity index (χ2v) is 8.60. The molecule has 0 radical (unpaired) electrons. The van der Waals surface area contributed by atoms with E-state index in [1.54, 1.807) is 12.1 Å². The Hall–Kier alpha value is -1.25. The first kappa shape index (κ1) is 19.1. The maximum absolute atomic E-state index is 11.4. The van der Waals surface area contributed by atoms with Crippen molar-refractivity contribution >= 4 is 27.7 Å². The number of rotatable bonds is 6. The Balaban J connectivity index is 2.03. The molecule has 0 aromatic heterocycles. The van der Waals surface area contributed by atoms with Crippen molar-refractivity contribution < 1.29 is 8.42 Å². The van der Waals surface area contributed by atoms with Gasteiger partial charge in [0.25, 0.3) is 0 Å². The monoisotopic (exact) mass is 370 g/mol. The van der Waals surface area contributed by atoms with E-state index < -0.39 is 10.0 Å². The molecule has 1 saturated carbocycles. The highest BCUT2D eigenvalue weighted by Gasteiger charge is 2.24. The van der Waals surface area contributed by atoms with E-state index >= 15 is 0 Å². The van der Waals surface area contributed by atoms with Gasteiger partial charge in [-0.25, -0.2) is 18.5 Å². The summed E-state index contributed by atoms with van der Waals surface area (Å²) >= 11 is 1.92. The summed E-state index contributed by atoms with van der Waals surface area (Å²) in [6, 6.07) is 7.04. The van der Waals surface area contributed by atoms with E-state index in [9.17, 15) is 8.42 Å². The molecule has 8 heteroatoms. The third kappa shape index (κ3) is 5.68. The highest BCUT2D eigenvalue weighted by molar-refractivity contribution is 7.99. The largest absolute Gasteiger partial charge is 0.357 e. The van der Waals surface area contributed by atoms with Crippen molar-refractivity contribution in [1.29, 1.82) is 0 Å². The lowest BCUT2D eigenvalue weighted by molar-refractivity contribution is 0.597. The molecule has 1 fully saturated rings. The molecule has 1 aliphatic rings. The molecule has 1 aliphatic carbocycles. The molecule has 1 aromatic carbocycles. The summed E-state index contributed by atoms with van der Waals surface area (Å²) in [5.41, 5.74) is 0.812. The van der Waals surface area contributed by atoms with Gasteiger partial charge in [0.2, 0.25) is 10.0 Å². The molecule has 4 N–H and O–H groups in total. The van der Waals surface area contributed by atoms with Gasteiger partial charge in [0, 0.05) is 17.8 Å². The molecule has 2 unspecified atom stereocenters. The standard InChI is InChI=1S/C16H26N4O2S2/c1-3-18-16(20-13-7-8-14(10-13)23-2)19-11-12-5-4-6-15(9-12)24(17,21)22/h4-6,9,13-14H,3,7-8,10-11H2,1-2H3,(H2,17,21,22)(H2,18,19,20). The lowest BCUT2D eigenvalue weighted by Crippen LogP contribution is -2.42. The van der Waals surface area contributed by atoms with E-state index in [0.29, 0.717) is 12.6 Å². The van der Waals surface area contributed by atoms with Gasteiger partial charge in [-0.15, -0.1) is 0 Å². The molecular weight excluding hydrogens is 344 g/mol. The average molecular weight is 371 g/mol. The Bertz CT molecular complexity index is 676. The van der Waals surface area contributed by atoms with Crippen molar-refractivity contribution in [2.24, 2.45) is 10.1 Å². The number of sulfonamides is 1. The number of nitrogens with two attached hydrogens (primary N) is 1. The number of aliphatic imine (C=N–C) groups is 1. The molecule has 2 atom stereocenters. The van der Waals surface area contributed by atoms with E-state index in [2.05, 4.69) is 21.9 Å². The van der Waals surface area contributed by atoms with E-state index in [1.807, 2.05) is 24.8 Å². The molecule has 0 bridgehead atoms. The lowest BCUT2D eigenvalue weighted by atomic mass is 10.2. The minimum Gasteiger partial charge on any atom is -0.357 e. The van der Waals surface area contributed by atoms with Crippen molar-refractivity contribution in [3.63, 3.8) is 0 Å². The normalized spacial score (nSPS) is 21.7. The van der Waals surface area contributed by atoms with Crippen molar-refractivity contribution in [3.8, 4) is 0 Å². The summed E-state index contributed by atoms with van der Waals surface area (Å²) in [7, 11) is -3.68. The maximum atomic E-state index is 11.4. The van der Waals surface area contributed by atoms with Gasteiger partial charge in [-0.2, -0.15) is 11.8 Å². The Morgan fingerprint density at radius 3 is 2.83 bits per heavy atom. The van der Waals surface area contributed by atoms with Crippen LogP contribution in [0.1, 0.15) is 31.7 Å². The zero-order valence-electron chi connectivity index (χ0n) is 14.2. The van der Waals surface area contributed by atoms with Crippen molar-refractivity contribution in [1.82, 2.24) is 10.6 Å². The van der Waals surface area contributed by atoms with Crippen molar-refractivity contribution in [3.05, 3.63) is 29.8 Å². The number of benzene rings is 1. The molecule has 0 spiro atoms. The van der Waals surface area contributed by atoms with E-state index in [4.69, 9.17) is 5.14 Å². The van der Waals surface area contributed by atoms with E-state index in [0.717, 1.165) is 36.2 Å². The molecule has 1 aromatic rings. The molecule has 0 heterocycles. The van der Waals surface area contributed by atoms with Crippen LogP contribution in [0.5, 0.6) is 0 Å². The van der Waals surface area contributed by atoms with Crippen LogP contribution in [0.3, 0.4) is 0 Å². The minimum atomic E-state index is -3.68. The van der Waals surface area contributed by atoms with Gasteiger partial charge in [0.1, 0.15) is 0 Å². The fraction of sp³-hybridized carbons (Fsp3) is 0.562. The molecule has 0 amide bonds. The van der Waals surface area contributed by atoms with Crippen molar-refractivity contribution in [2.45, 2.75) is 48.9 Å². The number of thioether (sulfide) groups is 1. The van der Waals surface area contributed by atoms with Crippen LogP contribution in [0.2, 0.25) is 0 Å². The SMILES string of the molecule is CCNC(=NCc1cccc(S(N)(=O)=O)c1)NC1CCC(SC)C1. The molecule has 134 valence electrons. The summed E-state index contributed by atoms with van der Waals surface area (Å²) in [5.74, 6) is 0.769.